The smallest absolute Gasteiger partial charge is 0.281 e. The topological polar surface area (TPSA) is 131 Å². The number of anilines is 1. The molecule has 0 radical (unpaired) electrons. The molecule has 22 heavy (non-hydrogen) atoms. The maximum Gasteiger partial charge on any atom is 0.281 e. The number of benzene rings is 1. The van der Waals surface area contributed by atoms with Crippen LogP contribution in [0.3, 0.4) is 0 Å². The molecule has 0 unspecified atom stereocenters. The van der Waals surface area contributed by atoms with Crippen LogP contribution < -0.4 is 11.3 Å². The van der Waals surface area contributed by atoms with E-state index < -0.39 is 5.56 Å². The molecule has 0 saturated carbocycles. The van der Waals surface area contributed by atoms with Gasteiger partial charge in [0.25, 0.3) is 5.56 Å². The van der Waals surface area contributed by atoms with Crippen LogP contribution in [0.2, 0.25) is 0 Å². The highest BCUT2D eigenvalue weighted by molar-refractivity contribution is 5.92. The number of aromatic nitrogens is 4. The van der Waals surface area contributed by atoms with E-state index in [1.807, 2.05) is 30.3 Å². The minimum Gasteiger partial charge on any atom is -0.480 e. The Morgan fingerprint density at radius 1 is 1.23 bits per heavy atom. The first kappa shape index (κ1) is 13.7. The first-order valence-corrected chi connectivity index (χ1v) is 6.36. The number of aromatic amines is 1. The second kappa shape index (κ2) is 5.24. The Morgan fingerprint density at radius 2 is 1.95 bits per heavy atom. The van der Waals surface area contributed by atoms with E-state index in [4.69, 9.17) is 15.9 Å². The summed E-state index contributed by atoms with van der Waals surface area (Å²) in [6.45, 7) is 0. The number of fused-ring (bicyclic) bond motifs is 1. The summed E-state index contributed by atoms with van der Waals surface area (Å²) in [6.07, 6.45) is 0. The lowest BCUT2D eigenvalue weighted by atomic mass is 10.2. The number of H-pyrrole nitrogens is 1. The van der Waals surface area contributed by atoms with E-state index in [2.05, 4.69) is 19.9 Å². The first-order chi connectivity index (χ1) is 10.6. The van der Waals surface area contributed by atoms with Gasteiger partial charge in [-0.1, -0.05) is 30.3 Å². The van der Waals surface area contributed by atoms with Crippen molar-refractivity contribution in [2.45, 2.75) is 0 Å². The molecular formula is C14H12N6O2. The predicted octanol–water partition coefficient (Wildman–Crippen LogP) is 0.934. The van der Waals surface area contributed by atoms with E-state index >= 15 is 0 Å². The second-order valence-corrected chi connectivity index (χ2v) is 4.44. The van der Waals surface area contributed by atoms with Crippen LogP contribution in [0.5, 0.6) is 0 Å². The van der Waals surface area contributed by atoms with Crippen molar-refractivity contribution in [2.24, 2.45) is 0 Å². The zero-order valence-corrected chi connectivity index (χ0v) is 11.6. The Kier molecular flexibility index (Phi) is 3.26. The van der Waals surface area contributed by atoms with E-state index in [1.165, 1.54) is 7.11 Å². The molecule has 110 valence electrons. The molecule has 3 rings (SSSR count). The summed E-state index contributed by atoms with van der Waals surface area (Å²) < 4.78 is 4.72. The van der Waals surface area contributed by atoms with Gasteiger partial charge in [-0.05, 0) is 0 Å². The number of hydrogen-bond acceptors (Lipinski definition) is 7. The van der Waals surface area contributed by atoms with Crippen LogP contribution >= 0.6 is 0 Å². The molecule has 0 spiro atoms. The summed E-state index contributed by atoms with van der Waals surface area (Å²) >= 11 is 0. The summed E-state index contributed by atoms with van der Waals surface area (Å²) in [4.78, 5) is 27.0. The molecule has 0 atom stereocenters. The fourth-order valence-electron chi connectivity index (χ4n) is 1.97. The van der Waals surface area contributed by atoms with Crippen molar-refractivity contribution in [3.63, 3.8) is 0 Å². The molecule has 0 amide bonds. The minimum atomic E-state index is -0.573. The van der Waals surface area contributed by atoms with E-state index in [0.717, 1.165) is 5.56 Å². The number of nitrogen functional groups attached to an aromatic ring is 1. The summed E-state index contributed by atoms with van der Waals surface area (Å²) in [7, 11) is 1.28. The fraction of sp³-hybridized carbons (Fsp3) is 0.0714. The normalized spacial score (nSPS) is 10.6. The van der Waals surface area contributed by atoms with Gasteiger partial charge < -0.3 is 15.5 Å². The third kappa shape index (κ3) is 2.26. The van der Waals surface area contributed by atoms with Gasteiger partial charge in [0.05, 0.1) is 7.11 Å². The number of nitrogens with zero attached hydrogens (tertiary/aromatic N) is 3. The van der Waals surface area contributed by atoms with Gasteiger partial charge in [-0.25, -0.2) is 15.0 Å². The van der Waals surface area contributed by atoms with Crippen molar-refractivity contribution >= 4 is 22.9 Å². The van der Waals surface area contributed by atoms with Crippen molar-refractivity contribution in [1.29, 1.82) is 5.41 Å². The summed E-state index contributed by atoms with van der Waals surface area (Å²) in [6, 6.07) is 9.24. The highest BCUT2D eigenvalue weighted by Crippen LogP contribution is 2.19. The SMILES string of the molecule is COC(=N)c1nc2c(N)nc(-c3ccccc3)nc2[nH]c1=O. The Morgan fingerprint density at radius 3 is 2.64 bits per heavy atom. The molecule has 0 bridgehead atoms. The fourth-order valence-corrected chi connectivity index (χ4v) is 1.97. The average molecular weight is 296 g/mol. The van der Waals surface area contributed by atoms with Gasteiger partial charge in [0.1, 0.15) is 5.52 Å². The van der Waals surface area contributed by atoms with Crippen LogP contribution in [0.4, 0.5) is 5.82 Å². The molecule has 8 heteroatoms. The Hall–Kier alpha value is -3.29. The van der Waals surface area contributed by atoms with Gasteiger partial charge in [0.15, 0.2) is 23.0 Å². The van der Waals surface area contributed by atoms with Crippen molar-refractivity contribution in [3.05, 3.63) is 46.4 Å². The predicted molar refractivity (Wildman–Crippen MR) is 81.6 cm³/mol. The lowest BCUT2D eigenvalue weighted by Crippen LogP contribution is -2.22. The molecule has 2 aromatic heterocycles. The van der Waals surface area contributed by atoms with Crippen molar-refractivity contribution in [2.75, 3.05) is 12.8 Å². The van der Waals surface area contributed by atoms with Crippen LogP contribution in [0.15, 0.2) is 35.1 Å². The van der Waals surface area contributed by atoms with Crippen molar-refractivity contribution < 1.29 is 4.74 Å². The molecule has 0 fully saturated rings. The lowest BCUT2D eigenvalue weighted by Gasteiger charge is -2.06. The van der Waals surface area contributed by atoms with Crippen LogP contribution in [0.1, 0.15) is 5.69 Å². The zero-order chi connectivity index (χ0) is 15.7. The summed E-state index contributed by atoms with van der Waals surface area (Å²) in [5.41, 5.74) is 6.37. The number of nitrogens with two attached hydrogens (primary N) is 1. The largest absolute Gasteiger partial charge is 0.480 e. The van der Waals surface area contributed by atoms with Crippen LogP contribution in [0.25, 0.3) is 22.6 Å². The van der Waals surface area contributed by atoms with Gasteiger partial charge >= 0.3 is 0 Å². The molecule has 0 aliphatic heterocycles. The molecule has 2 heterocycles. The Balaban J connectivity index is 2.24. The third-order valence-corrected chi connectivity index (χ3v) is 3.03. The molecule has 0 saturated heterocycles. The van der Waals surface area contributed by atoms with Gasteiger partial charge in [-0.2, -0.15) is 0 Å². The standard InChI is InChI=1S/C14H12N6O2/c1-22-11(16)9-14(21)20-13-8(17-9)10(15)18-12(19-13)7-5-3-2-4-6-7/h2-6,16H,1H3,(H3,15,18,19,20,21). The van der Waals surface area contributed by atoms with Crippen LogP contribution in [0, 0.1) is 5.41 Å². The Labute approximate surface area is 124 Å². The number of rotatable bonds is 2. The minimum absolute atomic E-state index is 0.116. The molecular weight excluding hydrogens is 284 g/mol. The van der Waals surface area contributed by atoms with Crippen LogP contribution in [-0.4, -0.2) is 32.9 Å². The highest BCUT2D eigenvalue weighted by atomic mass is 16.5. The van der Waals surface area contributed by atoms with E-state index in [-0.39, 0.29) is 28.6 Å². The number of nitrogens with one attached hydrogen (secondary N) is 2. The van der Waals surface area contributed by atoms with Gasteiger partial charge in [0.2, 0.25) is 5.90 Å². The summed E-state index contributed by atoms with van der Waals surface area (Å²) in [5.74, 6) is 0.151. The zero-order valence-electron chi connectivity index (χ0n) is 11.6. The van der Waals surface area contributed by atoms with Crippen LogP contribution in [-0.2, 0) is 4.74 Å². The molecule has 4 N–H and O–H groups in total. The maximum atomic E-state index is 12.0. The Bertz CT molecular complexity index is 920. The van der Waals surface area contributed by atoms with Gasteiger partial charge in [0, 0.05) is 5.56 Å². The van der Waals surface area contributed by atoms with Crippen molar-refractivity contribution in [1.82, 2.24) is 19.9 Å². The van der Waals surface area contributed by atoms with Gasteiger partial charge in [-0.3, -0.25) is 10.2 Å². The first-order valence-electron chi connectivity index (χ1n) is 6.36. The molecule has 1 aromatic carbocycles. The summed E-state index contributed by atoms with van der Waals surface area (Å²) in [5, 5.41) is 7.56. The quantitative estimate of drug-likeness (QED) is 0.476. The molecule has 0 aliphatic carbocycles. The van der Waals surface area contributed by atoms with E-state index in [1.54, 1.807) is 0 Å². The van der Waals surface area contributed by atoms with Crippen molar-refractivity contribution in [3.8, 4) is 11.4 Å². The number of hydrogen-bond donors (Lipinski definition) is 3. The monoisotopic (exact) mass is 296 g/mol. The van der Waals surface area contributed by atoms with Gasteiger partial charge in [-0.15, -0.1) is 0 Å². The van der Waals surface area contributed by atoms with E-state index in [9.17, 15) is 4.79 Å². The lowest BCUT2D eigenvalue weighted by molar-refractivity contribution is 0.399. The second-order valence-electron chi connectivity index (χ2n) is 4.44. The van der Waals surface area contributed by atoms with E-state index in [0.29, 0.717) is 5.82 Å². The maximum absolute atomic E-state index is 12.0. The molecule has 3 aromatic rings. The molecule has 8 nitrogen and oxygen atoms in total. The average Bonchev–Trinajstić information content (AvgIpc) is 2.54. The molecule has 0 aliphatic rings. The third-order valence-electron chi connectivity index (χ3n) is 3.03. The number of methoxy groups -OCH3 is 1. The highest BCUT2D eigenvalue weighted by Gasteiger charge is 2.15. The number of ether oxygens (including phenoxy) is 1.